The zero-order chi connectivity index (χ0) is 33.9. The van der Waals surface area contributed by atoms with Gasteiger partial charge in [-0.2, -0.15) is 40.2 Å². The molecule has 12 nitrogen and oxygen atoms in total. The predicted molar refractivity (Wildman–Crippen MR) is 142 cm³/mol. The molecule has 1 aliphatic rings. The Kier molecular flexibility index (Phi) is 12.7. The molecule has 0 bridgehead atoms. The lowest BCUT2D eigenvalue weighted by atomic mass is 10.1. The largest absolute Gasteiger partial charge is 0.490 e. The van der Waals surface area contributed by atoms with Gasteiger partial charge in [-0.25, -0.2) is 28.6 Å². The smallest absolute Gasteiger partial charge is 0.475 e. The van der Waals surface area contributed by atoms with E-state index in [0.717, 1.165) is 42.1 Å². The fourth-order valence-corrected chi connectivity index (χ4v) is 3.47. The van der Waals surface area contributed by atoms with Gasteiger partial charge in [0.05, 0.1) is 12.2 Å². The van der Waals surface area contributed by atoms with Crippen molar-refractivity contribution >= 4 is 17.6 Å². The summed E-state index contributed by atoms with van der Waals surface area (Å²) in [5.74, 6) is -5.15. The van der Waals surface area contributed by atoms with E-state index >= 15 is 0 Å². The summed E-state index contributed by atoms with van der Waals surface area (Å²) in [5, 5.41) is 21.5. The van der Waals surface area contributed by atoms with Crippen molar-refractivity contribution in [3.05, 3.63) is 70.9 Å². The Morgan fingerprint density at radius 3 is 1.91 bits per heavy atom. The second kappa shape index (κ2) is 15.7. The van der Waals surface area contributed by atoms with Crippen molar-refractivity contribution in [3.8, 4) is 17.1 Å². The Morgan fingerprint density at radius 1 is 0.911 bits per heavy atom. The Hall–Kier alpha value is -4.85. The summed E-state index contributed by atoms with van der Waals surface area (Å²) >= 11 is 0. The number of nitrogens with one attached hydrogen (secondary N) is 1. The van der Waals surface area contributed by atoms with Crippen molar-refractivity contribution in [3.63, 3.8) is 0 Å². The number of alkyl halides is 6. The van der Waals surface area contributed by atoms with Crippen molar-refractivity contribution < 1.29 is 54.9 Å². The van der Waals surface area contributed by atoms with E-state index < -0.39 is 36.1 Å². The van der Waals surface area contributed by atoms with Crippen LogP contribution in [0.3, 0.4) is 0 Å². The van der Waals surface area contributed by atoms with Crippen LogP contribution in [-0.2, 0) is 16.1 Å². The van der Waals surface area contributed by atoms with Crippen molar-refractivity contribution in [2.24, 2.45) is 5.73 Å². The van der Waals surface area contributed by atoms with Gasteiger partial charge in [-0.1, -0.05) is 18.2 Å². The second-order valence-electron chi connectivity index (χ2n) is 8.78. The maximum Gasteiger partial charge on any atom is 0.490 e. The minimum atomic E-state index is -5.08. The molecule has 1 saturated heterocycles. The van der Waals surface area contributed by atoms with Gasteiger partial charge in [0, 0.05) is 49.5 Å². The summed E-state index contributed by atoms with van der Waals surface area (Å²) in [7, 11) is 0. The molecule has 0 radical (unpaired) electrons. The first kappa shape index (κ1) is 36.3. The molecule has 1 aromatic carbocycles. The Morgan fingerprint density at radius 2 is 1.44 bits per heavy atom. The number of carboxylic acids is 2. The number of pyridine rings is 1. The molecule has 246 valence electrons. The lowest BCUT2D eigenvalue weighted by molar-refractivity contribution is -0.193. The van der Waals surface area contributed by atoms with E-state index in [9.17, 15) is 39.9 Å². The molecule has 20 heteroatoms. The number of hydrogen-bond donors (Lipinski definition) is 4. The molecule has 45 heavy (non-hydrogen) atoms. The summed E-state index contributed by atoms with van der Waals surface area (Å²) in [4.78, 5) is 37.3. The van der Waals surface area contributed by atoms with Crippen LogP contribution >= 0.6 is 0 Å². The number of rotatable bonds is 6. The van der Waals surface area contributed by atoms with Gasteiger partial charge in [0.1, 0.15) is 12.1 Å². The van der Waals surface area contributed by atoms with Crippen LogP contribution < -0.4 is 21.6 Å². The quantitative estimate of drug-likeness (QED) is 0.290. The van der Waals surface area contributed by atoms with E-state index in [-0.39, 0.29) is 18.7 Å². The maximum atomic E-state index is 12.9. The number of hydrogen-bond acceptors (Lipinski definition) is 8. The van der Waals surface area contributed by atoms with Crippen LogP contribution in [0.25, 0.3) is 17.1 Å². The minimum absolute atomic E-state index is 0.335. The van der Waals surface area contributed by atoms with Gasteiger partial charge in [-0.05, 0) is 24.3 Å². The molecule has 0 atom stereocenters. The normalized spacial score (nSPS) is 13.1. The highest BCUT2D eigenvalue weighted by Gasteiger charge is 2.38. The third kappa shape index (κ3) is 11.0. The van der Waals surface area contributed by atoms with Gasteiger partial charge in [0.15, 0.2) is 0 Å². The number of carbonyl (C=O) groups is 2. The average molecular weight is 656 g/mol. The number of anilines is 1. The van der Waals surface area contributed by atoms with Crippen LogP contribution in [-0.4, -0.2) is 86.6 Å². The van der Waals surface area contributed by atoms with E-state index in [0.29, 0.717) is 11.5 Å². The summed E-state index contributed by atoms with van der Waals surface area (Å²) in [6, 6.07) is 13.4. The zero-order valence-electron chi connectivity index (χ0n) is 22.8. The average Bonchev–Trinajstić information content (AvgIpc) is 3.35. The molecule has 0 unspecified atom stereocenters. The second-order valence-corrected chi connectivity index (χ2v) is 8.78. The van der Waals surface area contributed by atoms with E-state index in [2.05, 4.69) is 32.4 Å². The Bertz CT molecular complexity index is 1500. The molecule has 3 heterocycles. The SMILES string of the molecule is NCC(Cn1ncn(-c2cccc(-c3ccc(N4CCNCC4)cc3)n2)c1=O)=C(F)F.O=C(O)C(F)(F)F.O=C(O)C(F)(F)F. The van der Waals surface area contributed by atoms with E-state index in [1.165, 1.54) is 10.9 Å². The van der Waals surface area contributed by atoms with Crippen molar-refractivity contribution in [1.29, 1.82) is 0 Å². The minimum Gasteiger partial charge on any atom is -0.475 e. The van der Waals surface area contributed by atoms with Crippen molar-refractivity contribution in [2.45, 2.75) is 18.9 Å². The predicted octanol–water partition coefficient (Wildman–Crippen LogP) is 2.88. The number of aromatic nitrogens is 4. The first-order chi connectivity index (χ1) is 20.9. The molecule has 3 aromatic rings. The molecule has 0 saturated carbocycles. The number of benzene rings is 1. The topological polar surface area (TPSA) is 169 Å². The van der Waals surface area contributed by atoms with Crippen molar-refractivity contribution in [2.75, 3.05) is 37.6 Å². The molecule has 2 aromatic heterocycles. The highest BCUT2D eigenvalue weighted by molar-refractivity contribution is 5.73. The van der Waals surface area contributed by atoms with Gasteiger partial charge < -0.3 is 26.2 Å². The molecular formula is C25H25F8N7O5. The Labute approximate surface area is 248 Å². The van der Waals surface area contributed by atoms with Crippen LogP contribution in [0.1, 0.15) is 0 Å². The number of carboxylic acid groups (broad SMARTS) is 2. The van der Waals surface area contributed by atoms with Crippen LogP contribution in [0.5, 0.6) is 0 Å². The number of nitrogens with zero attached hydrogens (tertiary/aromatic N) is 5. The lowest BCUT2D eigenvalue weighted by Gasteiger charge is -2.29. The number of piperazine rings is 1. The van der Waals surface area contributed by atoms with Crippen LogP contribution in [0.15, 0.2) is 65.2 Å². The van der Waals surface area contributed by atoms with Crippen LogP contribution in [0.4, 0.5) is 40.8 Å². The van der Waals surface area contributed by atoms with Gasteiger partial charge in [-0.15, -0.1) is 0 Å². The van der Waals surface area contributed by atoms with Gasteiger partial charge in [0.25, 0.3) is 6.08 Å². The molecule has 0 aliphatic carbocycles. The number of aliphatic carboxylic acids is 2. The summed E-state index contributed by atoms with van der Waals surface area (Å²) in [6.45, 7) is 3.15. The number of nitrogens with two attached hydrogens (primary N) is 1. The van der Waals surface area contributed by atoms with E-state index in [1.807, 2.05) is 18.2 Å². The van der Waals surface area contributed by atoms with Gasteiger partial charge >= 0.3 is 30.0 Å². The monoisotopic (exact) mass is 655 g/mol. The fraction of sp³-hybridized carbons (Fsp3) is 0.320. The lowest BCUT2D eigenvalue weighted by Crippen LogP contribution is -2.43. The van der Waals surface area contributed by atoms with Crippen LogP contribution in [0, 0.1) is 0 Å². The number of halogens is 8. The summed E-state index contributed by atoms with van der Waals surface area (Å²) in [5.41, 5.74) is 7.19. The third-order valence-electron chi connectivity index (χ3n) is 5.70. The molecular weight excluding hydrogens is 630 g/mol. The fourth-order valence-electron chi connectivity index (χ4n) is 3.47. The molecule has 1 aliphatic heterocycles. The first-order valence-electron chi connectivity index (χ1n) is 12.5. The maximum absolute atomic E-state index is 12.9. The molecule has 0 spiro atoms. The summed E-state index contributed by atoms with van der Waals surface area (Å²) < 4.78 is 91.4. The van der Waals surface area contributed by atoms with E-state index in [1.54, 1.807) is 12.1 Å². The standard InChI is InChI=1S/C21H23F2N7O.2C2HF3O2/c22-20(23)16(12-24)13-30-21(31)29(14-26-30)19-3-1-2-18(27-19)15-4-6-17(7-5-15)28-10-8-25-9-11-28;2*3-2(4,5)1(6)7/h1-7,14,25H,8-13,24H2;2*(H,6,7). The van der Waals surface area contributed by atoms with Gasteiger partial charge in [0.2, 0.25) is 0 Å². The molecule has 0 amide bonds. The first-order valence-corrected chi connectivity index (χ1v) is 12.5. The third-order valence-corrected chi connectivity index (χ3v) is 5.70. The van der Waals surface area contributed by atoms with Crippen LogP contribution in [0.2, 0.25) is 0 Å². The van der Waals surface area contributed by atoms with Gasteiger partial charge in [-0.3, -0.25) is 0 Å². The summed E-state index contributed by atoms with van der Waals surface area (Å²) in [6.07, 6.45) is -10.8. The zero-order valence-corrected chi connectivity index (χ0v) is 22.8. The Balaban J connectivity index is 0.000000421. The highest BCUT2D eigenvalue weighted by atomic mass is 19.4. The van der Waals surface area contributed by atoms with E-state index in [4.69, 9.17) is 25.5 Å². The molecule has 1 fully saturated rings. The molecule has 4 rings (SSSR count). The highest BCUT2D eigenvalue weighted by Crippen LogP contribution is 2.23. The van der Waals surface area contributed by atoms with Crippen molar-refractivity contribution in [1.82, 2.24) is 24.6 Å². The molecule has 5 N–H and O–H groups in total.